The maximum Gasteiger partial charge on any atom is 0.119 e. The zero-order valence-corrected chi connectivity index (χ0v) is 12.2. The van der Waals surface area contributed by atoms with Gasteiger partial charge in [-0.25, -0.2) is 0 Å². The summed E-state index contributed by atoms with van der Waals surface area (Å²) in [6, 6.07) is 13.6. The predicted molar refractivity (Wildman–Crippen MR) is 80.4 cm³/mol. The van der Waals surface area contributed by atoms with Gasteiger partial charge in [-0.05, 0) is 42.2 Å². The third-order valence-corrected chi connectivity index (χ3v) is 4.41. The summed E-state index contributed by atoms with van der Waals surface area (Å²) in [5.74, 6) is 0.826. The Balaban J connectivity index is 2.00. The predicted octanol–water partition coefficient (Wildman–Crippen LogP) is 3.73. The Morgan fingerprint density at radius 2 is 1.95 bits per heavy atom. The summed E-state index contributed by atoms with van der Waals surface area (Å²) in [5.41, 5.74) is 2.34. The average molecular weight is 289 g/mol. The summed E-state index contributed by atoms with van der Waals surface area (Å²) < 4.78 is 5.27. The number of ether oxygens (including phenoxy) is 1. The van der Waals surface area contributed by atoms with Crippen molar-refractivity contribution >= 4 is 11.6 Å². The third kappa shape index (κ3) is 2.30. The maximum absolute atomic E-state index is 11.0. The van der Waals surface area contributed by atoms with Crippen LogP contribution in [0.15, 0.2) is 42.5 Å². The van der Waals surface area contributed by atoms with Crippen molar-refractivity contribution < 1.29 is 9.84 Å². The molecule has 0 saturated heterocycles. The van der Waals surface area contributed by atoms with Crippen LogP contribution in [-0.2, 0) is 18.4 Å². The van der Waals surface area contributed by atoms with Gasteiger partial charge in [0.25, 0.3) is 0 Å². The van der Waals surface area contributed by atoms with Gasteiger partial charge in [-0.2, -0.15) is 0 Å². The molecule has 0 spiro atoms. The van der Waals surface area contributed by atoms with Crippen molar-refractivity contribution in [2.75, 3.05) is 7.11 Å². The van der Waals surface area contributed by atoms with Gasteiger partial charge < -0.3 is 9.84 Å². The van der Waals surface area contributed by atoms with E-state index in [0.717, 1.165) is 23.3 Å². The Labute approximate surface area is 124 Å². The van der Waals surface area contributed by atoms with Gasteiger partial charge in [0, 0.05) is 17.0 Å². The molecular weight excluding hydrogens is 272 g/mol. The van der Waals surface area contributed by atoms with Gasteiger partial charge in [0.1, 0.15) is 5.75 Å². The minimum absolute atomic E-state index is 0.573. The van der Waals surface area contributed by atoms with Crippen LogP contribution < -0.4 is 4.74 Å². The molecule has 1 unspecified atom stereocenters. The van der Waals surface area contributed by atoms with E-state index >= 15 is 0 Å². The Kier molecular flexibility index (Phi) is 3.45. The number of aryl methyl sites for hydroxylation is 1. The number of aliphatic hydroxyl groups is 1. The van der Waals surface area contributed by atoms with Gasteiger partial charge in [-0.3, -0.25) is 0 Å². The lowest BCUT2D eigenvalue weighted by Gasteiger charge is -2.34. The molecule has 1 aliphatic rings. The molecule has 1 atom stereocenters. The van der Waals surface area contributed by atoms with Gasteiger partial charge in [-0.15, -0.1) is 0 Å². The van der Waals surface area contributed by atoms with E-state index < -0.39 is 5.60 Å². The van der Waals surface area contributed by atoms with Gasteiger partial charge >= 0.3 is 0 Å². The summed E-state index contributed by atoms with van der Waals surface area (Å²) in [6.45, 7) is 0. The van der Waals surface area contributed by atoms with E-state index in [4.69, 9.17) is 16.3 Å². The Morgan fingerprint density at radius 3 is 2.70 bits per heavy atom. The van der Waals surface area contributed by atoms with E-state index in [1.165, 1.54) is 5.56 Å². The van der Waals surface area contributed by atoms with Crippen molar-refractivity contribution in [1.82, 2.24) is 0 Å². The first kappa shape index (κ1) is 13.5. The topological polar surface area (TPSA) is 29.5 Å². The van der Waals surface area contributed by atoms with Crippen LogP contribution in [0.5, 0.6) is 5.75 Å². The normalized spacial score (nSPS) is 21.4. The van der Waals surface area contributed by atoms with Gasteiger partial charge in [0.05, 0.1) is 12.7 Å². The summed E-state index contributed by atoms with van der Waals surface area (Å²) >= 11 is 6.25. The standard InChI is InChI=1S/C17H17ClO2/c1-20-14-7-6-12-8-9-17(19,11-13(12)10-14)15-4-2-3-5-16(15)18/h2-7,10,19H,8-9,11H2,1H3. The van der Waals surface area contributed by atoms with E-state index in [1.54, 1.807) is 7.11 Å². The maximum atomic E-state index is 11.0. The monoisotopic (exact) mass is 288 g/mol. The molecule has 0 heterocycles. The van der Waals surface area contributed by atoms with Gasteiger partial charge in [-0.1, -0.05) is 35.9 Å². The highest BCUT2D eigenvalue weighted by molar-refractivity contribution is 6.31. The van der Waals surface area contributed by atoms with Crippen molar-refractivity contribution in [3.05, 3.63) is 64.2 Å². The number of hydrogen-bond donors (Lipinski definition) is 1. The fraction of sp³-hybridized carbons (Fsp3) is 0.294. The fourth-order valence-corrected chi connectivity index (χ4v) is 3.26. The molecular formula is C17H17ClO2. The van der Waals surface area contributed by atoms with Crippen LogP contribution in [0.4, 0.5) is 0 Å². The number of rotatable bonds is 2. The molecule has 0 amide bonds. The quantitative estimate of drug-likeness (QED) is 0.912. The SMILES string of the molecule is COc1ccc2c(c1)CC(O)(c1ccccc1Cl)CC2. The molecule has 2 nitrogen and oxygen atoms in total. The molecule has 2 aromatic rings. The molecule has 3 heteroatoms. The van der Waals surface area contributed by atoms with Crippen molar-refractivity contribution in [2.45, 2.75) is 24.9 Å². The van der Waals surface area contributed by atoms with Crippen molar-refractivity contribution in [1.29, 1.82) is 0 Å². The third-order valence-electron chi connectivity index (χ3n) is 4.08. The lowest BCUT2D eigenvalue weighted by atomic mass is 9.76. The average Bonchev–Trinajstić information content (AvgIpc) is 2.46. The number of fused-ring (bicyclic) bond motifs is 1. The molecule has 0 aromatic heterocycles. The Bertz CT molecular complexity index is 639. The summed E-state index contributed by atoms with van der Waals surface area (Å²) in [6.07, 6.45) is 2.11. The van der Waals surface area contributed by atoms with Crippen LogP contribution >= 0.6 is 11.6 Å². The molecule has 0 aliphatic heterocycles. The van der Waals surface area contributed by atoms with Crippen molar-refractivity contribution in [3.8, 4) is 5.75 Å². The molecule has 2 aromatic carbocycles. The first-order valence-corrected chi connectivity index (χ1v) is 7.13. The Hall–Kier alpha value is -1.51. The molecule has 1 N–H and O–H groups in total. The number of benzene rings is 2. The van der Waals surface area contributed by atoms with Gasteiger partial charge in [0.2, 0.25) is 0 Å². The van der Waals surface area contributed by atoms with Crippen molar-refractivity contribution in [2.24, 2.45) is 0 Å². The van der Waals surface area contributed by atoms with Gasteiger partial charge in [0.15, 0.2) is 0 Å². The molecule has 20 heavy (non-hydrogen) atoms. The lowest BCUT2D eigenvalue weighted by Crippen LogP contribution is -2.33. The van der Waals surface area contributed by atoms with E-state index in [9.17, 15) is 5.11 Å². The molecule has 3 rings (SSSR count). The summed E-state index contributed by atoms with van der Waals surface area (Å²) in [7, 11) is 1.66. The molecule has 0 bridgehead atoms. The minimum Gasteiger partial charge on any atom is -0.497 e. The smallest absolute Gasteiger partial charge is 0.119 e. The first-order valence-electron chi connectivity index (χ1n) is 6.75. The second-order valence-electron chi connectivity index (χ2n) is 5.32. The van der Waals surface area contributed by atoms with Crippen LogP contribution in [0.1, 0.15) is 23.1 Å². The molecule has 1 aliphatic carbocycles. The van der Waals surface area contributed by atoms with Crippen LogP contribution in [0.2, 0.25) is 5.02 Å². The van der Waals surface area contributed by atoms with E-state index in [2.05, 4.69) is 6.07 Å². The second-order valence-corrected chi connectivity index (χ2v) is 5.73. The largest absolute Gasteiger partial charge is 0.497 e. The van der Waals surface area contributed by atoms with Crippen LogP contribution in [0, 0.1) is 0 Å². The molecule has 104 valence electrons. The van der Waals surface area contributed by atoms with E-state index in [1.807, 2.05) is 36.4 Å². The summed E-state index contributed by atoms with van der Waals surface area (Å²) in [5, 5.41) is 11.6. The first-order chi connectivity index (χ1) is 9.62. The highest BCUT2D eigenvalue weighted by Gasteiger charge is 2.35. The zero-order valence-electron chi connectivity index (χ0n) is 11.4. The summed E-state index contributed by atoms with van der Waals surface area (Å²) in [4.78, 5) is 0. The second kappa shape index (κ2) is 5.12. The zero-order chi connectivity index (χ0) is 14.2. The number of hydrogen-bond acceptors (Lipinski definition) is 2. The highest BCUT2D eigenvalue weighted by Crippen LogP contribution is 2.40. The van der Waals surface area contributed by atoms with Crippen LogP contribution in [0.3, 0.4) is 0 Å². The molecule has 0 radical (unpaired) electrons. The number of methoxy groups -OCH3 is 1. The van der Waals surface area contributed by atoms with Crippen LogP contribution in [-0.4, -0.2) is 12.2 Å². The molecule has 0 saturated carbocycles. The highest BCUT2D eigenvalue weighted by atomic mass is 35.5. The Morgan fingerprint density at radius 1 is 1.15 bits per heavy atom. The fourth-order valence-electron chi connectivity index (χ4n) is 2.95. The lowest BCUT2D eigenvalue weighted by molar-refractivity contribution is 0.0223. The minimum atomic E-state index is -0.891. The van der Waals surface area contributed by atoms with Crippen LogP contribution in [0.25, 0.3) is 0 Å². The van der Waals surface area contributed by atoms with E-state index in [0.29, 0.717) is 17.9 Å². The number of halogens is 1. The molecule has 0 fully saturated rings. The van der Waals surface area contributed by atoms with E-state index in [-0.39, 0.29) is 0 Å². The van der Waals surface area contributed by atoms with Crippen molar-refractivity contribution in [3.63, 3.8) is 0 Å².